The molecule has 1 N–H and O–H groups in total. The molecule has 0 heterocycles. The lowest BCUT2D eigenvalue weighted by molar-refractivity contribution is 0.432. The van der Waals surface area contributed by atoms with Crippen LogP contribution in [0.3, 0.4) is 0 Å². The van der Waals surface area contributed by atoms with E-state index in [1.54, 1.807) is 22.6 Å². The monoisotopic (exact) mass is 279 g/mol. The first-order chi connectivity index (χ1) is 5.66. The zero-order valence-corrected chi connectivity index (χ0v) is 7.86. The molecule has 1 rings (SSSR count). The molecular formula is C6H3FIN3O. The van der Waals surface area contributed by atoms with E-state index in [2.05, 4.69) is 10.0 Å². The number of phenols is 1. The van der Waals surface area contributed by atoms with Crippen LogP contribution in [0.25, 0.3) is 10.4 Å². The number of halogens is 2. The normalized spacial score (nSPS) is 9.17. The lowest BCUT2D eigenvalue weighted by Crippen LogP contribution is -1.81. The third-order valence-corrected chi connectivity index (χ3v) is 2.03. The summed E-state index contributed by atoms with van der Waals surface area (Å²) in [5.74, 6) is -1.37. The summed E-state index contributed by atoms with van der Waals surface area (Å²) in [6.07, 6.45) is 0. The Morgan fingerprint density at radius 3 is 2.83 bits per heavy atom. The fourth-order valence-electron chi connectivity index (χ4n) is 0.659. The molecule has 0 amide bonds. The maximum atomic E-state index is 12.9. The highest BCUT2D eigenvalue weighted by molar-refractivity contribution is 14.1. The van der Waals surface area contributed by atoms with Crippen LogP contribution in [0.1, 0.15) is 0 Å². The van der Waals surface area contributed by atoms with Gasteiger partial charge in [0, 0.05) is 4.91 Å². The van der Waals surface area contributed by atoms with Gasteiger partial charge in [0.05, 0.1) is 9.26 Å². The first kappa shape index (κ1) is 9.08. The molecule has 6 heteroatoms. The molecule has 1 aromatic carbocycles. The van der Waals surface area contributed by atoms with Crippen LogP contribution in [-0.4, -0.2) is 5.11 Å². The SMILES string of the molecule is [N-]=[N+]=Nc1ccc(I)c(F)c1O. The summed E-state index contributed by atoms with van der Waals surface area (Å²) in [4.78, 5) is 2.43. The van der Waals surface area contributed by atoms with E-state index in [4.69, 9.17) is 10.6 Å². The maximum absolute atomic E-state index is 12.9. The van der Waals surface area contributed by atoms with Crippen molar-refractivity contribution in [2.75, 3.05) is 0 Å². The Morgan fingerprint density at radius 1 is 1.58 bits per heavy atom. The molecule has 0 spiro atoms. The lowest BCUT2D eigenvalue weighted by atomic mass is 10.3. The fraction of sp³-hybridized carbons (Fsp3) is 0. The van der Waals surface area contributed by atoms with Gasteiger partial charge in [-0.15, -0.1) is 0 Å². The van der Waals surface area contributed by atoms with Gasteiger partial charge in [0.25, 0.3) is 0 Å². The molecule has 0 radical (unpaired) electrons. The van der Waals surface area contributed by atoms with Crippen molar-refractivity contribution in [3.8, 4) is 5.75 Å². The van der Waals surface area contributed by atoms with E-state index in [9.17, 15) is 4.39 Å². The second-order valence-corrected chi connectivity index (χ2v) is 3.08. The van der Waals surface area contributed by atoms with Crippen LogP contribution in [0.2, 0.25) is 0 Å². The molecule has 62 valence electrons. The van der Waals surface area contributed by atoms with Crippen LogP contribution in [0.5, 0.6) is 5.75 Å². The highest BCUT2D eigenvalue weighted by Gasteiger charge is 2.08. The Labute approximate surface area is 80.8 Å². The molecule has 0 aliphatic heterocycles. The second-order valence-electron chi connectivity index (χ2n) is 1.92. The van der Waals surface area contributed by atoms with Gasteiger partial charge < -0.3 is 5.11 Å². The molecule has 0 bridgehead atoms. The minimum absolute atomic E-state index is 0.101. The number of nitrogens with zero attached hydrogens (tertiary/aromatic N) is 3. The van der Waals surface area contributed by atoms with E-state index in [-0.39, 0.29) is 9.26 Å². The third-order valence-electron chi connectivity index (χ3n) is 1.20. The molecule has 4 nitrogen and oxygen atoms in total. The fourth-order valence-corrected chi connectivity index (χ4v) is 1.09. The minimum Gasteiger partial charge on any atom is -0.504 e. The molecule has 0 aliphatic carbocycles. The van der Waals surface area contributed by atoms with Crippen LogP contribution in [0, 0.1) is 9.39 Å². The van der Waals surface area contributed by atoms with Gasteiger partial charge in [-0.05, 0) is 40.3 Å². The maximum Gasteiger partial charge on any atom is 0.178 e. The highest BCUT2D eigenvalue weighted by atomic mass is 127. The van der Waals surface area contributed by atoms with Crippen LogP contribution < -0.4 is 0 Å². The molecule has 0 saturated carbocycles. The molecule has 12 heavy (non-hydrogen) atoms. The van der Waals surface area contributed by atoms with Crippen molar-refractivity contribution in [1.29, 1.82) is 0 Å². The topological polar surface area (TPSA) is 69.0 Å². The predicted octanol–water partition coefficient (Wildman–Crippen LogP) is 3.08. The van der Waals surface area contributed by atoms with E-state index < -0.39 is 11.6 Å². The number of phenolic OH excluding ortho intramolecular Hbond substituents is 1. The molecular weight excluding hydrogens is 276 g/mol. The van der Waals surface area contributed by atoms with E-state index in [0.29, 0.717) is 0 Å². The van der Waals surface area contributed by atoms with Crippen LogP contribution >= 0.6 is 22.6 Å². The van der Waals surface area contributed by atoms with Gasteiger partial charge in [-0.2, -0.15) is 0 Å². The Balaban J connectivity index is 3.35. The first-order valence-electron chi connectivity index (χ1n) is 2.89. The van der Waals surface area contributed by atoms with Crippen LogP contribution in [0.15, 0.2) is 17.2 Å². The molecule has 0 aliphatic rings. The zero-order chi connectivity index (χ0) is 9.14. The van der Waals surface area contributed by atoms with Crippen molar-refractivity contribution < 1.29 is 9.50 Å². The summed E-state index contributed by atoms with van der Waals surface area (Å²) in [5, 5.41) is 12.2. The first-order valence-corrected chi connectivity index (χ1v) is 3.96. The number of hydrogen-bond acceptors (Lipinski definition) is 2. The van der Waals surface area contributed by atoms with Gasteiger partial charge in [-0.1, -0.05) is 5.11 Å². The highest BCUT2D eigenvalue weighted by Crippen LogP contribution is 2.31. The largest absolute Gasteiger partial charge is 0.504 e. The second kappa shape index (κ2) is 3.59. The Kier molecular flexibility index (Phi) is 2.72. The van der Waals surface area contributed by atoms with Crippen molar-refractivity contribution in [2.24, 2.45) is 5.11 Å². The number of benzene rings is 1. The average molecular weight is 279 g/mol. The van der Waals surface area contributed by atoms with Gasteiger partial charge in [0.15, 0.2) is 11.6 Å². The summed E-state index contributed by atoms with van der Waals surface area (Å²) in [6, 6.07) is 2.76. The molecule has 0 aromatic heterocycles. The number of rotatable bonds is 1. The molecule has 0 unspecified atom stereocenters. The summed E-state index contributed by atoms with van der Waals surface area (Å²) < 4.78 is 13.2. The number of azide groups is 1. The molecule has 0 atom stereocenters. The van der Waals surface area contributed by atoms with Crippen molar-refractivity contribution in [3.05, 3.63) is 32.0 Å². The predicted molar refractivity (Wildman–Crippen MR) is 49.6 cm³/mol. The van der Waals surface area contributed by atoms with Crippen molar-refractivity contribution in [1.82, 2.24) is 0 Å². The quantitative estimate of drug-likeness (QED) is 0.365. The van der Waals surface area contributed by atoms with E-state index in [0.717, 1.165) is 0 Å². The summed E-state index contributed by atoms with van der Waals surface area (Å²) in [5.41, 5.74) is 7.93. The van der Waals surface area contributed by atoms with Crippen molar-refractivity contribution in [2.45, 2.75) is 0 Å². The molecule has 1 aromatic rings. The number of hydrogen-bond donors (Lipinski definition) is 1. The standard InChI is InChI=1S/C6H3FIN3O/c7-5-3(8)1-2-4(6(5)12)10-11-9/h1-2,12H. The van der Waals surface area contributed by atoms with Crippen LogP contribution in [0.4, 0.5) is 10.1 Å². The van der Waals surface area contributed by atoms with Crippen molar-refractivity contribution in [3.63, 3.8) is 0 Å². The summed E-state index contributed by atoms with van der Waals surface area (Å²) in [7, 11) is 0. The lowest BCUT2D eigenvalue weighted by Gasteiger charge is -1.99. The van der Waals surface area contributed by atoms with Gasteiger partial charge in [-0.3, -0.25) is 0 Å². The van der Waals surface area contributed by atoms with Gasteiger partial charge >= 0.3 is 0 Å². The Hall–Kier alpha value is -1.01. The number of aromatic hydroxyl groups is 1. The van der Waals surface area contributed by atoms with E-state index in [1.165, 1.54) is 12.1 Å². The third kappa shape index (κ3) is 1.59. The van der Waals surface area contributed by atoms with Gasteiger partial charge in [0.1, 0.15) is 0 Å². The van der Waals surface area contributed by atoms with E-state index in [1.807, 2.05) is 0 Å². The molecule has 0 fully saturated rings. The Bertz CT molecular complexity index is 362. The summed E-state index contributed by atoms with van der Waals surface area (Å²) in [6.45, 7) is 0. The average Bonchev–Trinajstić information content (AvgIpc) is 2.07. The molecule has 0 saturated heterocycles. The van der Waals surface area contributed by atoms with Gasteiger partial charge in [-0.25, -0.2) is 4.39 Å². The smallest absolute Gasteiger partial charge is 0.178 e. The van der Waals surface area contributed by atoms with Crippen molar-refractivity contribution >= 4 is 28.3 Å². The van der Waals surface area contributed by atoms with Gasteiger partial charge in [0.2, 0.25) is 0 Å². The zero-order valence-electron chi connectivity index (χ0n) is 5.70. The minimum atomic E-state index is -0.763. The summed E-state index contributed by atoms with van der Waals surface area (Å²) >= 11 is 1.73. The Morgan fingerprint density at radius 2 is 2.25 bits per heavy atom. The van der Waals surface area contributed by atoms with E-state index >= 15 is 0 Å². The van der Waals surface area contributed by atoms with Crippen LogP contribution in [-0.2, 0) is 0 Å².